The number of benzene rings is 7. The predicted molar refractivity (Wildman–Crippen MR) is 248 cm³/mol. The molecule has 0 fully saturated rings. The highest BCUT2D eigenvalue weighted by Gasteiger charge is 2.46. The lowest BCUT2D eigenvalue weighted by Crippen LogP contribution is -2.60. The molecule has 0 atom stereocenters. The van der Waals surface area contributed by atoms with Crippen molar-refractivity contribution in [3.05, 3.63) is 150 Å². The van der Waals surface area contributed by atoms with E-state index < -0.39 is 0 Å². The monoisotopic (exact) mass is 752 g/mol. The second kappa shape index (κ2) is 10.9. The average Bonchev–Trinajstić information content (AvgIpc) is 3.81. The molecule has 4 heterocycles. The lowest BCUT2D eigenvalue weighted by Gasteiger charge is -2.42. The van der Waals surface area contributed by atoms with E-state index in [0.29, 0.717) is 0 Å². The quantitative estimate of drug-likeness (QED) is 0.152. The van der Waals surface area contributed by atoms with Gasteiger partial charge in [-0.15, -0.1) is 11.3 Å². The maximum atomic E-state index is 2.70. The normalized spacial score (nSPS) is 15.1. The first-order chi connectivity index (χ1) is 27.3. The van der Waals surface area contributed by atoms with Gasteiger partial charge >= 0.3 is 6.85 Å². The van der Waals surface area contributed by atoms with E-state index in [4.69, 9.17) is 0 Å². The highest BCUT2D eigenvalue weighted by Crippen LogP contribution is 2.55. The van der Waals surface area contributed by atoms with Crippen LogP contribution in [0.1, 0.15) is 77.6 Å². The molecule has 2 nitrogen and oxygen atoms in total. The van der Waals surface area contributed by atoms with Crippen LogP contribution in [0.25, 0.3) is 69.9 Å². The van der Waals surface area contributed by atoms with Crippen LogP contribution in [-0.2, 0) is 16.2 Å². The van der Waals surface area contributed by atoms with Gasteiger partial charge in [0.15, 0.2) is 0 Å². The molecule has 0 amide bonds. The van der Waals surface area contributed by atoms with Crippen molar-refractivity contribution in [1.82, 2.24) is 4.57 Å². The Morgan fingerprint density at radius 2 is 1.30 bits per heavy atom. The van der Waals surface area contributed by atoms with Gasteiger partial charge in [-0.2, -0.15) is 0 Å². The van der Waals surface area contributed by atoms with Crippen LogP contribution in [0.5, 0.6) is 0 Å². The molecule has 12 rings (SSSR count). The maximum absolute atomic E-state index is 2.70. The first-order valence-electron chi connectivity index (χ1n) is 20.6. The van der Waals surface area contributed by atoms with Crippen molar-refractivity contribution in [3.63, 3.8) is 0 Å². The van der Waals surface area contributed by atoms with Crippen LogP contribution in [-0.4, -0.2) is 11.4 Å². The van der Waals surface area contributed by atoms with Crippen LogP contribution in [0.3, 0.4) is 0 Å². The molecule has 0 N–H and O–H groups in total. The molecule has 3 aliphatic rings. The molecule has 57 heavy (non-hydrogen) atoms. The van der Waals surface area contributed by atoms with E-state index in [9.17, 15) is 0 Å². The van der Waals surface area contributed by atoms with Crippen molar-refractivity contribution in [2.45, 2.75) is 71.6 Å². The number of rotatable bonds is 1. The summed E-state index contributed by atoms with van der Waals surface area (Å²) in [5.41, 5.74) is 20.2. The smallest absolute Gasteiger partial charge is 0.333 e. The Hall–Kier alpha value is -5.58. The molecule has 1 aliphatic carbocycles. The van der Waals surface area contributed by atoms with Crippen molar-refractivity contribution in [2.75, 3.05) is 4.81 Å². The molecule has 0 saturated heterocycles. The molecule has 276 valence electrons. The second-order valence-electron chi connectivity index (χ2n) is 19.4. The van der Waals surface area contributed by atoms with Crippen molar-refractivity contribution in [2.24, 2.45) is 0 Å². The molecule has 0 saturated carbocycles. The molecule has 0 radical (unpaired) electrons. The Morgan fingerprint density at radius 3 is 2.09 bits per heavy atom. The Balaban J connectivity index is 1.26. The molecule has 0 spiro atoms. The topological polar surface area (TPSA) is 8.17 Å². The molecular formula is C53H45BN2S. The van der Waals surface area contributed by atoms with E-state index in [-0.39, 0.29) is 23.1 Å². The number of hydrogen-bond acceptors (Lipinski definition) is 2. The Labute approximate surface area is 339 Å². The number of anilines is 2. The van der Waals surface area contributed by atoms with Crippen LogP contribution in [0.4, 0.5) is 11.4 Å². The zero-order chi connectivity index (χ0) is 38.9. The van der Waals surface area contributed by atoms with Crippen LogP contribution < -0.4 is 15.7 Å². The number of aromatic nitrogens is 1. The summed E-state index contributed by atoms with van der Waals surface area (Å²) in [5, 5.41) is 5.40. The molecule has 2 aromatic heterocycles. The lowest BCUT2D eigenvalue weighted by atomic mass is 9.43. The maximum Gasteiger partial charge on any atom is 0.333 e. The minimum absolute atomic E-state index is 0.00593. The van der Waals surface area contributed by atoms with Gasteiger partial charge in [0.2, 0.25) is 0 Å². The third-order valence-corrected chi connectivity index (χ3v) is 14.8. The summed E-state index contributed by atoms with van der Waals surface area (Å²) in [6.45, 7) is 18.7. The fraction of sp³-hybridized carbons (Fsp3) is 0.208. The minimum atomic E-state index is -0.0748. The fourth-order valence-electron chi connectivity index (χ4n) is 10.8. The van der Waals surface area contributed by atoms with E-state index in [1.54, 1.807) is 0 Å². The molecule has 7 aromatic carbocycles. The van der Waals surface area contributed by atoms with Crippen LogP contribution >= 0.6 is 11.3 Å². The third-order valence-electron chi connectivity index (χ3n) is 13.7. The predicted octanol–water partition coefficient (Wildman–Crippen LogP) is 13.3. The molecule has 4 heteroatoms. The standard InChI is InChI=1S/C53H45BN2S/c1-51(2,3)30-17-20-32(21-18-30)56-44-29-46-38(33-13-10-12-16-45(33)57-46)28-37(44)34-22-23-36-48-43(26-24-40-47(48)35-14-9-11-15-39(35)53(40,7)8)55-42-25-19-31(52(4,5)6)27-41(42)54(56)49(34)50(36)55/h9-29H,1-8H3. The summed E-state index contributed by atoms with van der Waals surface area (Å²) in [4.78, 5) is 2.70. The zero-order valence-corrected chi connectivity index (χ0v) is 34.8. The van der Waals surface area contributed by atoms with Crippen LogP contribution in [0.15, 0.2) is 127 Å². The Kier molecular flexibility index (Phi) is 6.40. The number of nitrogens with zero attached hydrogens (tertiary/aromatic N) is 2. The van der Waals surface area contributed by atoms with Gasteiger partial charge in [-0.25, -0.2) is 0 Å². The summed E-state index contributed by atoms with van der Waals surface area (Å²) < 4.78 is 5.31. The van der Waals surface area contributed by atoms with Gasteiger partial charge in [0, 0.05) is 59.0 Å². The average molecular weight is 753 g/mol. The minimum Gasteiger partial charge on any atom is -0.376 e. The highest BCUT2D eigenvalue weighted by molar-refractivity contribution is 7.25. The summed E-state index contributed by atoms with van der Waals surface area (Å²) in [6.07, 6.45) is 0. The molecule has 0 unspecified atom stereocenters. The molecular weight excluding hydrogens is 707 g/mol. The van der Waals surface area contributed by atoms with Gasteiger partial charge in [0.1, 0.15) is 0 Å². The largest absolute Gasteiger partial charge is 0.376 e. The van der Waals surface area contributed by atoms with E-state index >= 15 is 0 Å². The van der Waals surface area contributed by atoms with E-state index in [2.05, 4.69) is 192 Å². The summed E-state index contributed by atoms with van der Waals surface area (Å²) in [7, 11) is 0. The Bertz CT molecular complexity index is 3230. The van der Waals surface area contributed by atoms with Crippen molar-refractivity contribution >= 4 is 82.5 Å². The van der Waals surface area contributed by atoms with Gasteiger partial charge in [-0.05, 0) is 103 Å². The van der Waals surface area contributed by atoms with Crippen molar-refractivity contribution in [3.8, 4) is 27.9 Å². The second-order valence-corrected chi connectivity index (χ2v) is 20.5. The lowest BCUT2D eigenvalue weighted by molar-refractivity contribution is 0.590. The molecule has 9 aromatic rings. The fourth-order valence-corrected chi connectivity index (χ4v) is 11.9. The summed E-state index contributed by atoms with van der Waals surface area (Å²) in [6, 6.07) is 49.7. The van der Waals surface area contributed by atoms with Gasteiger partial charge in [-0.3, -0.25) is 0 Å². The number of thiophene rings is 1. The summed E-state index contributed by atoms with van der Waals surface area (Å²) in [5.74, 6) is 0. The first-order valence-corrected chi connectivity index (χ1v) is 21.4. The van der Waals surface area contributed by atoms with E-state index in [1.165, 1.54) is 114 Å². The van der Waals surface area contributed by atoms with Gasteiger partial charge in [0.25, 0.3) is 0 Å². The molecule has 0 bridgehead atoms. The van der Waals surface area contributed by atoms with E-state index in [1.807, 2.05) is 11.3 Å². The molecule has 2 aliphatic heterocycles. The van der Waals surface area contributed by atoms with E-state index in [0.717, 1.165) is 0 Å². The SMILES string of the molecule is CC(C)(C)c1ccc(N2B3c4cc(C(C)(C)C)ccc4-n4c5ccc6c(c5c5ccc(c3c54)-c3cc4c(cc32)sc2ccccc24)-c2ccccc2C6(C)C)cc1. The van der Waals surface area contributed by atoms with Crippen LogP contribution in [0.2, 0.25) is 0 Å². The number of fused-ring (bicyclic) bond motifs is 15. The zero-order valence-electron chi connectivity index (χ0n) is 34.0. The van der Waals surface area contributed by atoms with Crippen molar-refractivity contribution in [1.29, 1.82) is 0 Å². The highest BCUT2D eigenvalue weighted by atomic mass is 32.1. The van der Waals surface area contributed by atoms with Gasteiger partial charge < -0.3 is 9.38 Å². The van der Waals surface area contributed by atoms with Crippen LogP contribution in [0, 0.1) is 0 Å². The summed E-state index contributed by atoms with van der Waals surface area (Å²) >= 11 is 1.91. The third kappa shape index (κ3) is 4.32. The van der Waals surface area contributed by atoms with Crippen molar-refractivity contribution < 1.29 is 0 Å². The van der Waals surface area contributed by atoms with Gasteiger partial charge in [-0.1, -0.05) is 140 Å². The number of hydrogen-bond donors (Lipinski definition) is 0. The first kappa shape index (κ1) is 33.6. The Morgan fingerprint density at radius 1 is 0.561 bits per heavy atom. The van der Waals surface area contributed by atoms with Gasteiger partial charge in [0.05, 0.1) is 11.0 Å².